The number of ether oxygens (including phenoxy) is 3. The number of anilines is 1. The highest BCUT2D eigenvalue weighted by molar-refractivity contribution is 9.10. The normalized spacial score (nSPS) is 18.0. The molecule has 10 heteroatoms. The van der Waals surface area contributed by atoms with Crippen molar-refractivity contribution in [2.45, 2.75) is 57.3 Å². The van der Waals surface area contributed by atoms with Crippen LogP contribution < -0.4 is 15.6 Å². The summed E-state index contributed by atoms with van der Waals surface area (Å²) in [7, 11) is 0. The standard InChI is InChI=1S/C32H36BrN3O6/c1-31(2,3)42-27(38)18-19-32(30(39)36-35-25-8-5-4-6-9-25)28(22-10-14-24(33)15-11-22)41-29(34-32)23-12-16-26(17-13-23)40-21-7-20-37/h4-6,8-17,28,35,37H,7,18-21H2,1-3H3,(H,36,39)/t28-,32-/m0/s1. The van der Waals surface area contributed by atoms with E-state index >= 15 is 0 Å². The fourth-order valence-electron chi connectivity index (χ4n) is 4.45. The molecule has 3 aromatic rings. The van der Waals surface area contributed by atoms with Crippen molar-refractivity contribution in [3.05, 3.63) is 94.5 Å². The zero-order chi connectivity index (χ0) is 30.2. The van der Waals surface area contributed by atoms with Crippen molar-refractivity contribution in [3.63, 3.8) is 0 Å². The minimum Gasteiger partial charge on any atom is -0.494 e. The smallest absolute Gasteiger partial charge is 0.306 e. The maximum Gasteiger partial charge on any atom is 0.306 e. The number of aliphatic hydroxyl groups excluding tert-OH is 1. The first kappa shape index (κ1) is 31.1. The van der Waals surface area contributed by atoms with Gasteiger partial charge in [-0.2, -0.15) is 0 Å². The van der Waals surface area contributed by atoms with Crippen LogP contribution in [0.1, 0.15) is 57.3 Å². The Hall–Kier alpha value is -3.89. The average Bonchev–Trinajstić information content (AvgIpc) is 3.36. The zero-order valence-electron chi connectivity index (χ0n) is 23.9. The van der Waals surface area contributed by atoms with Crippen LogP contribution in [0.3, 0.4) is 0 Å². The molecular weight excluding hydrogens is 602 g/mol. The molecule has 42 heavy (non-hydrogen) atoms. The molecule has 4 rings (SSSR count). The Morgan fingerprint density at radius 2 is 1.71 bits per heavy atom. The number of hydrogen-bond donors (Lipinski definition) is 3. The van der Waals surface area contributed by atoms with Crippen molar-refractivity contribution in [3.8, 4) is 5.75 Å². The highest BCUT2D eigenvalue weighted by atomic mass is 79.9. The molecule has 3 aromatic carbocycles. The third-order valence-electron chi connectivity index (χ3n) is 6.43. The van der Waals surface area contributed by atoms with Crippen LogP contribution in [-0.2, 0) is 19.1 Å². The minimum absolute atomic E-state index is 0.0385. The summed E-state index contributed by atoms with van der Waals surface area (Å²) in [6.07, 6.45) is -0.322. The molecule has 0 aliphatic carbocycles. The van der Waals surface area contributed by atoms with Crippen LogP contribution in [0.25, 0.3) is 0 Å². The lowest BCUT2D eigenvalue weighted by Crippen LogP contribution is -2.50. The van der Waals surface area contributed by atoms with E-state index in [1.807, 2.05) is 54.6 Å². The van der Waals surface area contributed by atoms with Gasteiger partial charge in [-0.05, 0) is 81.3 Å². The molecular formula is C32H36BrN3O6. The van der Waals surface area contributed by atoms with Crippen LogP contribution >= 0.6 is 15.9 Å². The van der Waals surface area contributed by atoms with Crippen LogP contribution in [0.15, 0.2) is 88.3 Å². The number of carbonyl (C=O) groups excluding carboxylic acids is 2. The first-order valence-corrected chi connectivity index (χ1v) is 14.6. The van der Waals surface area contributed by atoms with Crippen LogP contribution in [-0.4, -0.2) is 47.2 Å². The molecule has 1 aliphatic heterocycles. The van der Waals surface area contributed by atoms with Crippen molar-refractivity contribution >= 4 is 39.4 Å². The Morgan fingerprint density at radius 3 is 2.36 bits per heavy atom. The van der Waals surface area contributed by atoms with Gasteiger partial charge in [-0.1, -0.05) is 46.3 Å². The summed E-state index contributed by atoms with van der Waals surface area (Å²) in [5.74, 6) is 0.00944. The Balaban J connectivity index is 1.71. The molecule has 0 fully saturated rings. The fraction of sp³-hybridized carbons (Fsp3) is 0.344. The number of para-hydroxylation sites is 1. The molecule has 0 radical (unpaired) electrons. The molecule has 222 valence electrons. The first-order chi connectivity index (χ1) is 20.1. The highest BCUT2D eigenvalue weighted by Gasteiger charge is 2.53. The van der Waals surface area contributed by atoms with Gasteiger partial charge in [0.15, 0.2) is 11.6 Å². The number of esters is 1. The topological polar surface area (TPSA) is 118 Å². The summed E-state index contributed by atoms with van der Waals surface area (Å²) in [5.41, 5.74) is 5.64. The third kappa shape index (κ3) is 8.10. The number of rotatable bonds is 12. The maximum absolute atomic E-state index is 14.1. The van der Waals surface area contributed by atoms with Gasteiger partial charge < -0.3 is 19.3 Å². The molecule has 0 spiro atoms. The van der Waals surface area contributed by atoms with E-state index < -0.39 is 29.1 Å². The van der Waals surface area contributed by atoms with E-state index in [-0.39, 0.29) is 25.3 Å². The number of carbonyl (C=O) groups is 2. The van der Waals surface area contributed by atoms with Crippen molar-refractivity contribution in [1.29, 1.82) is 0 Å². The van der Waals surface area contributed by atoms with Crippen molar-refractivity contribution < 1.29 is 28.9 Å². The van der Waals surface area contributed by atoms with Crippen molar-refractivity contribution in [1.82, 2.24) is 5.43 Å². The lowest BCUT2D eigenvalue weighted by Gasteiger charge is -2.31. The van der Waals surface area contributed by atoms with E-state index in [1.165, 1.54) is 0 Å². The highest BCUT2D eigenvalue weighted by Crippen LogP contribution is 2.43. The third-order valence-corrected chi connectivity index (χ3v) is 6.96. The second-order valence-electron chi connectivity index (χ2n) is 10.9. The SMILES string of the molecule is CC(C)(C)OC(=O)CC[C@]1(C(=O)NNc2ccccc2)N=C(c2ccc(OCCCO)cc2)O[C@H]1c1ccc(Br)cc1. The number of hydrazine groups is 1. The van der Waals surface area contributed by atoms with Crippen LogP contribution in [0, 0.1) is 0 Å². The number of aliphatic hydroxyl groups is 1. The number of benzene rings is 3. The summed E-state index contributed by atoms with van der Waals surface area (Å²) in [4.78, 5) is 31.9. The van der Waals surface area contributed by atoms with E-state index in [0.717, 1.165) is 10.0 Å². The quantitative estimate of drug-likeness (QED) is 0.132. The molecule has 9 nitrogen and oxygen atoms in total. The predicted molar refractivity (Wildman–Crippen MR) is 164 cm³/mol. The van der Waals surface area contributed by atoms with E-state index in [9.17, 15) is 9.59 Å². The monoisotopic (exact) mass is 637 g/mol. The molecule has 2 atom stereocenters. The van der Waals surface area contributed by atoms with Gasteiger partial charge in [-0.3, -0.25) is 20.4 Å². The summed E-state index contributed by atoms with van der Waals surface area (Å²) in [6.45, 7) is 5.84. The van der Waals surface area contributed by atoms with E-state index in [2.05, 4.69) is 26.8 Å². The molecule has 1 aliphatic rings. The molecule has 0 saturated heterocycles. The van der Waals surface area contributed by atoms with Gasteiger partial charge in [0.2, 0.25) is 5.90 Å². The van der Waals surface area contributed by atoms with Gasteiger partial charge in [0.25, 0.3) is 5.91 Å². The second kappa shape index (κ2) is 13.8. The lowest BCUT2D eigenvalue weighted by molar-refractivity contribution is -0.155. The van der Waals surface area contributed by atoms with Crippen LogP contribution in [0.5, 0.6) is 5.75 Å². The van der Waals surface area contributed by atoms with Crippen molar-refractivity contribution in [2.24, 2.45) is 4.99 Å². The minimum atomic E-state index is -1.50. The van der Waals surface area contributed by atoms with Crippen molar-refractivity contribution in [2.75, 3.05) is 18.6 Å². The molecule has 0 aromatic heterocycles. The molecule has 1 amide bonds. The largest absolute Gasteiger partial charge is 0.494 e. The van der Waals surface area contributed by atoms with E-state index in [0.29, 0.717) is 30.0 Å². The number of amides is 1. The fourth-order valence-corrected chi connectivity index (χ4v) is 4.72. The predicted octanol–water partition coefficient (Wildman–Crippen LogP) is 5.73. The van der Waals surface area contributed by atoms with Gasteiger partial charge >= 0.3 is 5.97 Å². The van der Waals surface area contributed by atoms with Gasteiger partial charge in [-0.15, -0.1) is 0 Å². The average molecular weight is 639 g/mol. The van der Waals surface area contributed by atoms with E-state index in [1.54, 1.807) is 45.0 Å². The molecule has 3 N–H and O–H groups in total. The second-order valence-corrected chi connectivity index (χ2v) is 11.8. The molecule has 0 bridgehead atoms. The number of nitrogens with zero attached hydrogens (tertiary/aromatic N) is 1. The summed E-state index contributed by atoms with van der Waals surface area (Å²) < 4.78 is 18.5. The number of hydrogen-bond acceptors (Lipinski definition) is 8. The van der Waals surface area contributed by atoms with E-state index in [4.69, 9.17) is 24.3 Å². The van der Waals surface area contributed by atoms with Crippen LogP contribution in [0.2, 0.25) is 0 Å². The van der Waals surface area contributed by atoms with Crippen LogP contribution in [0.4, 0.5) is 5.69 Å². The van der Waals surface area contributed by atoms with Gasteiger partial charge in [0, 0.05) is 29.5 Å². The van der Waals surface area contributed by atoms with Gasteiger partial charge in [0.1, 0.15) is 11.4 Å². The summed E-state index contributed by atoms with van der Waals surface area (Å²) >= 11 is 3.47. The Labute approximate surface area is 254 Å². The summed E-state index contributed by atoms with van der Waals surface area (Å²) in [6, 6.07) is 23.9. The number of halogens is 1. The number of aliphatic imine (C=N–C) groups is 1. The van der Waals surface area contributed by atoms with Gasteiger partial charge in [-0.25, -0.2) is 4.99 Å². The lowest BCUT2D eigenvalue weighted by atomic mass is 9.83. The zero-order valence-corrected chi connectivity index (χ0v) is 25.5. The summed E-state index contributed by atoms with van der Waals surface area (Å²) in [5, 5.41) is 9.02. The first-order valence-electron chi connectivity index (χ1n) is 13.8. The van der Waals surface area contributed by atoms with Gasteiger partial charge in [0.05, 0.1) is 12.3 Å². The maximum atomic E-state index is 14.1. The molecule has 1 heterocycles. The Bertz CT molecular complexity index is 1370. The Kier molecular flexibility index (Phi) is 10.2. The molecule has 0 saturated carbocycles. The molecule has 0 unspecified atom stereocenters. The Morgan fingerprint density at radius 1 is 1.02 bits per heavy atom. The number of nitrogens with one attached hydrogen (secondary N) is 2.